The quantitative estimate of drug-likeness (QED) is 0.578. The van der Waals surface area contributed by atoms with Crippen molar-refractivity contribution in [1.29, 1.82) is 0 Å². The Morgan fingerprint density at radius 1 is 1.11 bits per heavy atom. The number of methoxy groups -OCH3 is 2. The van der Waals surface area contributed by atoms with Gasteiger partial charge in [-0.05, 0) is 17.7 Å². The standard InChI is InChI=1S/C12H16O4.C2H6/c1-14-11-5-3-10(4-6-11)9-16-8-7-12(13)15-2;1-2/h3-6H,7-9H2,1-2H3;1-2H3. The molecule has 0 bridgehead atoms. The molecule has 0 spiro atoms. The minimum Gasteiger partial charge on any atom is -0.497 e. The van der Waals surface area contributed by atoms with Crippen LogP contribution in [0.15, 0.2) is 24.3 Å². The summed E-state index contributed by atoms with van der Waals surface area (Å²) in [6.07, 6.45) is 0.284. The van der Waals surface area contributed by atoms with Crippen LogP contribution in [0.1, 0.15) is 25.8 Å². The van der Waals surface area contributed by atoms with Crippen molar-refractivity contribution in [3.05, 3.63) is 29.8 Å². The minimum atomic E-state index is -0.255. The molecule has 0 aromatic heterocycles. The van der Waals surface area contributed by atoms with Gasteiger partial charge in [-0.1, -0.05) is 26.0 Å². The average molecular weight is 254 g/mol. The maximum atomic E-state index is 10.8. The summed E-state index contributed by atoms with van der Waals surface area (Å²) < 4.78 is 14.9. The lowest BCUT2D eigenvalue weighted by Crippen LogP contribution is -2.05. The Labute approximate surface area is 109 Å². The molecule has 0 aliphatic heterocycles. The van der Waals surface area contributed by atoms with Crippen molar-refractivity contribution >= 4 is 5.97 Å². The van der Waals surface area contributed by atoms with Crippen molar-refractivity contribution in [3.63, 3.8) is 0 Å². The molecule has 0 aliphatic carbocycles. The highest BCUT2D eigenvalue weighted by atomic mass is 16.5. The van der Waals surface area contributed by atoms with Gasteiger partial charge in [0.25, 0.3) is 0 Å². The summed E-state index contributed by atoms with van der Waals surface area (Å²) in [4.78, 5) is 10.8. The zero-order valence-corrected chi connectivity index (χ0v) is 11.6. The molecule has 0 atom stereocenters. The van der Waals surface area contributed by atoms with E-state index >= 15 is 0 Å². The summed E-state index contributed by atoms with van der Waals surface area (Å²) in [6, 6.07) is 7.60. The van der Waals surface area contributed by atoms with E-state index in [1.807, 2.05) is 38.1 Å². The molecule has 0 amide bonds. The van der Waals surface area contributed by atoms with Crippen molar-refractivity contribution in [2.24, 2.45) is 0 Å². The van der Waals surface area contributed by atoms with Gasteiger partial charge in [-0.15, -0.1) is 0 Å². The smallest absolute Gasteiger partial charge is 0.307 e. The normalized spacial score (nSPS) is 9.11. The minimum absolute atomic E-state index is 0.255. The van der Waals surface area contributed by atoms with Crippen LogP contribution < -0.4 is 4.74 Å². The molecule has 0 heterocycles. The van der Waals surface area contributed by atoms with E-state index in [4.69, 9.17) is 9.47 Å². The fraction of sp³-hybridized carbons (Fsp3) is 0.500. The lowest BCUT2D eigenvalue weighted by Gasteiger charge is -2.04. The number of esters is 1. The van der Waals surface area contributed by atoms with Crippen LogP contribution in [0.25, 0.3) is 0 Å². The first-order valence-electron chi connectivity index (χ1n) is 6.03. The number of ether oxygens (including phenoxy) is 3. The fourth-order valence-electron chi connectivity index (χ4n) is 1.17. The molecular weight excluding hydrogens is 232 g/mol. The number of carbonyl (C=O) groups excluding carboxylic acids is 1. The fourth-order valence-corrected chi connectivity index (χ4v) is 1.17. The Morgan fingerprint density at radius 3 is 2.22 bits per heavy atom. The van der Waals surface area contributed by atoms with Crippen LogP contribution in [0.2, 0.25) is 0 Å². The van der Waals surface area contributed by atoms with Gasteiger partial charge in [-0.3, -0.25) is 4.79 Å². The zero-order valence-electron chi connectivity index (χ0n) is 11.6. The Bertz CT molecular complexity index is 319. The first-order chi connectivity index (χ1) is 8.76. The van der Waals surface area contributed by atoms with E-state index < -0.39 is 0 Å². The third-order valence-corrected chi connectivity index (χ3v) is 2.11. The number of carbonyl (C=O) groups is 1. The number of rotatable bonds is 6. The van der Waals surface area contributed by atoms with Crippen LogP contribution in [-0.2, 0) is 20.9 Å². The molecule has 1 aromatic rings. The molecule has 4 nitrogen and oxygen atoms in total. The molecule has 0 radical (unpaired) electrons. The van der Waals surface area contributed by atoms with E-state index in [1.54, 1.807) is 7.11 Å². The molecule has 18 heavy (non-hydrogen) atoms. The van der Waals surface area contributed by atoms with Crippen molar-refractivity contribution in [3.8, 4) is 5.75 Å². The van der Waals surface area contributed by atoms with Gasteiger partial charge in [-0.25, -0.2) is 0 Å². The molecule has 1 aromatic carbocycles. The van der Waals surface area contributed by atoms with E-state index in [0.717, 1.165) is 11.3 Å². The van der Waals surface area contributed by atoms with Gasteiger partial charge < -0.3 is 14.2 Å². The summed E-state index contributed by atoms with van der Waals surface area (Å²) in [5, 5.41) is 0. The van der Waals surface area contributed by atoms with E-state index in [1.165, 1.54) is 7.11 Å². The molecule has 0 aliphatic rings. The Morgan fingerprint density at radius 2 is 1.72 bits per heavy atom. The highest BCUT2D eigenvalue weighted by Gasteiger charge is 2.00. The molecule has 0 fully saturated rings. The Kier molecular flexibility index (Phi) is 9.68. The van der Waals surface area contributed by atoms with Crippen LogP contribution in [0, 0.1) is 0 Å². The van der Waals surface area contributed by atoms with Crippen LogP contribution in [0.5, 0.6) is 5.75 Å². The zero-order chi connectivity index (χ0) is 13.8. The predicted molar refractivity (Wildman–Crippen MR) is 70.6 cm³/mol. The van der Waals surface area contributed by atoms with E-state index in [-0.39, 0.29) is 12.4 Å². The molecule has 1 rings (SSSR count). The Hall–Kier alpha value is -1.55. The molecule has 0 unspecified atom stereocenters. The molecule has 4 heteroatoms. The van der Waals surface area contributed by atoms with Gasteiger partial charge in [0.15, 0.2) is 0 Å². The van der Waals surface area contributed by atoms with Gasteiger partial charge in [-0.2, -0.15) is 0 Å². The van der Waals surface area contributed by atoms with Crippen LogP contribution in [-0.4, -0.2) is 26.8 Å². The number of benzene rings is 1. The van der Waals surface area contributed by atoms with Crippen LogP contribution in [0.4, 0.5) is 0 Å². The predicted octanol–water partition coefficient (Wildman–Crippen LogP) is 2.80. The second kappa shape index (κ2) is 10.6. The van der Waals surface area contributed by atoms with Crippen molar-refractivity contribution in [2.75, 3.05) is 20.8 Å². The lowest BCUT2D eigenvalue weighted by atomic mass is 10.2. The number of hydrogen-bond donors (Lipinski definition) is 0. The van der Waals surface area contributed by atoms with Gasteiger partial charge in [0.2, 0.25) is 0 Å². The maximum absolute atomic E-state index is 10.8. The van der Waals surface area contributed by atoms with Gasteiger partial charge in [0, 0.05) is 0 Å². The topological polar surface area (TPSA) is 44.8 Å². The summed E-state index contributed by atoms with van der Waals surface area (Å²) in [5.74, 6) is 0.563. The van der Waals surface area contributed by atoms with Gasteiger partial charge in [0.1, 0.15) is 5.75 Å². The van der Waals surface area contributed by atoms with Crippen molar-refractivity contribution in [2.45, 2.75) is 26.9 Å². The van der Waals surface area contributed by atoms with E-state index in [2.05, 4.69) is 4.74 Å². The largest absolute Gasteiger partial charge is 0.497 e. The van der Waals surface area contributed by atoms with Gasteiger partial charge >= 0.3 is 5.97 Å². The van der Waals surface area contributed by atoms with Gasteiger partial charge in [0.05, 0.1) is 33.9 Å². The molecule has 0 saturated heterocycles. The second-order valence-corrected chi connectivity index (χ2v) is 3.23. The molecular formula is C14H22O4. The highest BCUT2D eigenvalue weighted by Crippen LogP contribution is 2.11. The van der Waals surface area contributed by atoms with E-state index in [0.29, 0.717) is 13.2 Å². The average Bonchev–Trinajstić information content (AvgIpc) is 2.46. The highest BCUT2D eigenvalue weighted by molar-refractivity contribution is 5.69. The first-order valence-corrected chi connectivity index (χ1v) is 6.03. The van der Waals surface area contributed by atoms with Crippen LogP contribution >= 0.6 is 0 Å². The van der Waals surface area contributed by atoms with Crippen LogP contribution in [0.3, 0.4) is 0 Å². The molecule has 0 saturated carbocycles. The third-order valence-electron chi connectivity index (χ3n) is 2.11. The summed E-state index contributed by atoms with van der Waals surface area (Å²) in [7, 11) is 2.99. The summed E-state index contributed by atoms with van der Waals surface area (Å²) >= 11 is 0. The number of hydrogen-bond acceptors (Lipinski definition) is 4. The molecule has 0 N–H and O–H groups in total. The lowest BCUT2D eigenvalue weighted by molar-refractivity contribution is -0.141. The van der Waals surface area contributed by atoms with Crippen molar-refractivity contribution < 1.29 is 19.0 Å². The third kappa shape index (κ3) is 6.91. The van der Waals surface area contributed by atoms with Crippen molar-refractivity contribution in [1.82, 2.24) is 0 Å². The van der Waals surface area contributed by atoms with E-state index in [9.17, 15) is 4.79 Å². The molecule has 102 valence electrons. The Balaban J connectivity index is 0.00000137. The summed E-state index contributed by atoms with van der Waals surface area (Å²) in [5.41, 5.74) is 1.05. The first kappa shape index (κ1) is 16.4. The SMILES string of the molecule is CC.COC(=O)CCOCc1ccc(OC)cc1. The second-order valence-electron chi connectivity index (χ2n) is 3.23. The maximum Gasteiger partial charge on any atom is 0.307 e. The summed E-state index contributed by atoms with van der Waals surface area (Å²) in [6.45, 7) is 4.86. The monoisotopic (exact) mass is 254 g/mol.